The van der Waals surface area contributed by atoms with E-state index >= 15 is 0 Å². The topological polar surface area (TPSA) is 48.8 Å². The fourth-order valence-electron chi connectivity index (χ4n) is 0.965. The molecule has 0 spiro atoms. The molecule has 0 unspecified atom stereocenters. The first kappa shape index (κ1) is 10.7. The molecule has 0 aromatic heterocycles. The molecule has 0 fully saturated rings. The molecule has 15 heavy (non-hydrogen) atoms. The summed E-state index contributed by atoms with van der Waals surface area (Å²) >= 11 is 0. The van der Waals surface area contributed by atoms with Crippen LogP contribution in [0.4, 0.5) is 0 Å². The molecule has 0 amide bonds. The van der Waals surface area contributed by atoms with E-state index in [2.05, 4.69) is 27.8 Å². The van der Waals surface area contributed by atoms with Crippen LogP contribution in [0.1, 0.15) is 17.5 Å². The summed E-state index contributed by atoms with van der Waals surface area (Å²) in [6, 6.07) is 7.43. The maximum Gasteiger partial charge on any atom is 0.0367 e. The third kappa shape index (κ3) is 3.91. The maximum absolute atomic E-state index is 8.03. The Labute approximate surface area is 88.8 Å². The molecule has 0 N–H and O–H groups in total. The molecule has 0 atom stereocenters. The van der Waals surface area contributed by atoms with Crippen LogP contribution in [0.5, 0.6) is 0 Å². The van der Waals surface area contributed by atoms with Crippen molar-refractivity contribution >= 4 is 0 Å². The molecule has 1 aromatic carbocycles. The lowest BCUT2D eigenvalue weighted by molar-refractivity contribution is 1.01. The van der Waals surface area contributed by atoms with Crippen molar-refractivity contribution < 1.29 is 0 Å². The molecule has 72 valence electrons. The molecule has 0 aliphatic rings. The minimum Gasteiger partial charge on any atom is -0.115 e. The molecule has 1 rings (SSSR count). The number of terminal acetylenes is 1. The van der Waals surface area contributed by atoms with E-state index in [0.29, 0.717) is 13.0 Å². The predicted octanol–water partition coefficient (Wildman–Crippen LogP) is 2.72. The van der Waals surface area contributed by atoms with Gasteiger partial charge in [0.2, 0.25) is 0 Å². The van der Waals surface area contributed by atoms with E-state index in [0.717, 1.165) is 11.1 Å². The predicted molar refractivity (Wildman–Crippen MR) is 59.9 cm³/mol. The Kier molecular flexibility index (Phi) is 4.40. The molecule has 0 saturated carbocycles. The van der Waals surface area contributed by atoms with Crippen LogP contribution in [0.2, 0.25) is 0 Å². The molecule has 0 aliphatic heterocycles. The highest BCUT2D eigenvalue weighted by Crippen LogP contribution is 2.01. The molecule has 0 saturated heterocycles. The van der Waals surface area contributed by atoms with Gasteiger partial charge in [0.05, 0.1) is 0 Å². The Morgan fingerprint density at radius 3 is 2.53 bits per heavy atom. The SMILES string of the molecule is C#Cc1ccc(C#CCCN=[N+]=[N-])cc1. The molecule has 0 aliphatic carbocycles. The Morgan fingerprint density at radius 1 is 1.27 bits per heavy atom. The van der Waals surface area contributed by atoms with E-state index < -0.39 is 0 Å². The lowest BCUT2D eigenvalue weighted by atomic mass is 10.1. The van der Waals surface area contributed by atoms with Crippen molar-refractivity contribution in [2.45, 2.75) is 6.42 Å². The lowest BCUT2D eigenvalue weighted by Crippen LogP contribution is -1.77. The number of benzene rings is 1. The van der Waals surface area contributed by atoms with Gasteiger partial charge in [-0.2, -0.15) is 0 Å². The van der Waals surface area contributed by atoms with E-state index in [4.69, 9.17) is 12.0 Å². The number of azide groups is 1. The lowest BCUT2D eigenvalue weighted by Gasteiger charge is -1.90. The standard InChI is InChI=1S/C12H9N3/c1-2-11-6-8-12(9-7-11)5-3-4-10-14-15-13/h1,6-9H,4,10H2. The van der Waals surface area contributed by atoms with E-state index in [1.165, 1.54) is 0 Å². The fourth-order valence-corrected chi connectivity index (χ4v) is 0.965. The van der Waals surface area contributed by atoms with Gasteiger partial charge >= 0.3 is 0 Å². The van der Waals surface area contributed by atoms with E-state index in [1.54, 1.807) is 0 Å². The molecule has 0 bridgehead atoms. The Balaban J connectivity index is 2.57. The summed E-state index contributed by atoms with van der Waals surface area (Å²) in [6.45, 7) is 0.409. The highest BCUT2D eigenvalue weighted by Gasteiger charge is 1.86. The van der Waals surface area contributed by atoms with Crippen molar-refractivity contribution in [1.29, 1.82) is 0 Å². The van der Waals surface area contributed by atoms with Crippen LogP contribution in [0.15, 0.2) is 29.4 Å². The maximum atomic E-state index is 8.03. The first-order chi connectivity index (χ1) is 7.36. The highest BCUT2D eigenvalue weighted by molar-refractivity contribution is 5.40. The van der Waals surface area contributed by atoms with E-state index in [1.807, 2.05) is 24.3 Å². The Hall–Kier alpha value is -2.35. The van der Waals surface area contributed by atoms with Crippen molar-refractivity contribution in [1.82, 2.24) is 0 Å². The van der Waals surface area contributed by atoms with Crippen LogP contribution in [0, 0.1) is 24.2 Å². The van der Waals surface area contributed by atoms with Crippen molar-refractivity contribution in [3.8, 4) is 24.2 Å². The van der Waals surface area contributed by atoms with Crippen molar-refractivity contribution in [2.24, 2.45) is 5.11 Å². The van der Waals surface area contributed by atoms with Gasteiger partial charge in [-0.25, -0.2) is 0 Å². The van der Waals surface area contributed by atoms with Crippen LogP contribution >= 0.6 is 0 Å². The monoisotopic (exact) mass is 195 g/mol. The number of nitrogens with zero attached hydrogens (tertiary/aromatic N) is 3. The van der Waals surface area contributed by atoms with Crippen LogP contribution in [-0.2, 0) is 0 Å². The average molecular weight is 195 g/mol. The molecular weight excluding hydrogens is 186 g/mol. The Morgan fingerprint density at radius 2 is 1.93 bits per heavy atom. The Bertz CT molecular complexity index is 462. The third-order valence-corrected chi connectivity index (χ3v) is 1.68. The number of hydrogen-bond donors (Lipinski definition) is 0. The molecule has 0 heterocycles. The first-order valence-electron chi connectivity index (χ1n) is 4.43. The second-order valence-electron chi connectivity index (χ2n) is 2.73. The number of rotatable bonds is 2. The summed E-state index contributed by atoms with van der Waals surface area (Å²) < 4.78 is 0. The van der Waals surface area contributed by atoms with Gasteiger partial charge in [0, 0.05) is 29.0 Å². The normalized spacial score (nSPS) is 7.93. The summed E-state index contributed by atoms with van der Waals surface area (Å²) in [5, 5.41) is 3.38. The van der Waals surface area contributed by atoms with Gasteiger partial charge in [0.1, 0.15) is 0 Å². The van der Waals surface area contributed by atoms with Crippen molar-refractivity contribution in [3.63, 3.8) is 0 Å². The van der Waals surface area contributed by atoms with Gasteiger partial charge < -0.3 is 0 Å². The van der Waals surface area contributed by atoms with Gasteiger partial charge in [0.25, 0.3) is 0 Å². The smallest absolute Gasteiger partial charge is 0.0367 e. The third-order valence-electron chi connectivity index (χ3n) is 1.68. The van der Waals surface area contributed by atoms with Gasteiger partial charge in [-0.15, -0.1) is 6.42 Å². The molecule has 3 nitrogen and oxygen atoms in total. The van der Waals surface area contributed by atoms with Gasteiger partial charge in [-0.05, 0) is 29.8 Å². The van der Waals surface area contributed by atoms with Gasteiger partial charge in [-0.1, -0.05) is 22.9 Å². The summed E-state index contributed by atoms with van der Waals surface area (Å²) in [7, 11) is 0. The molecule has 0 radical (unpaired) electrons. The minimum atomic E-state index is 0.409. The van der Waals surface area contributed by atoms with Crippen LogP contribution in [0.25, 0.3) is 10.4 Å². The van der Waals surface area contributed by atoms with Gasteiger partial charge in [-0.3, -0.25) is 0 Å². The van der Waals surface area contributed by atoms with Crippen LogP contribution < -0.4 is 0 Å². The second kappa shape index (κ2) is 6.16. The summed E-state index contributed by atoms with van der Waals surface area (Å²) in [4.78, 5) is 2.64. The quantitative estimate of drug-likeness (QED) is 0.229. The van der Waals surface area contributed by atoms with Crippen LogP contribution in [0.3, 0.4) is 0 Å². The molecule has 3 heteroatoms. The zero-order chi connectivity index (χ0) is 10.9. The van der Waals surface area contributed by atoms with Crippen LogP contribution in [-0.4, -0.2) is 6.54 Å². The van der Waals surface area contributed by atoms with Gasteiger partial charge in [0.15, 0.2) is 0 Å². The second-order valence-corrected chi connectivity index (χ2v) is 2.73. The zero-order valence-corrected chi connectivity index (χ0v) is 8.14. The first-order valence-corrected chi connectivity index (χ1v) is 4.43. The molecule has 1 aromatic rings. The highest BCUT2D eigenvalue weighted by atomic mass is 15.1. The fraction of sp³-hybridized carbons (Fsp3) is 0.167. The van der Waals surface area contributed by atoms with Crippen molar-refractivity contribution in [3.05, 3.63) is 45.8 Å². The summed E-state index contributed by atoms with van der Waals surface area (Å²) in [6.07, 6.45) is 5.79. The summed E-state index contributed by atoms with van der Waals surface area (Å²) in [5.74, 6) is 8.40. The van der Waals surface area contributed by atoms with E-state index in [-0.39, 0.29) is 0 Å². The largest absolute Gasteiger partial charge is 0.115 e. The average Bonchev–Trinajstić information content (AvgIpc) is 2.30. The zero-order valence-electron chi connectivity index (χ0n) is 8.14. The summed E-state index contributed by atoms with van der Waals surface area (Å²) in [5.41, 5.74) is 9.79. The van der Waals surface area contributed by atoms with E-state index in [9.17, 15) is 0 Å². The minimum absolute atomic E-state index is 0.409. The molecular formula is C12H9N3. The van der Waals surface area contributed by atoms with Crippen molar-refractivity contribution in [2.75, 3.05) is 6.54 Å². The number of hydrogen-bond acceptors (Lipinski definition) is 1.